The highest BCUT2D eigenvalue weighted by Crippen LogP contribution is 2.04. The van der Waals surface area contributed by atoms with Crippen molar-refractivity contribution in [3.63, 3.8) is 0 Å². The fourth-order valence-electron chi connectivity index (χ4n) is 2.04. The first kappa shape index (κ1) is 24.3. The number of aliphatic carboxylic acids is 3. The molecule has 0 fully saturated rings. The number of quaternary nitrogens is 2. The molecule has 12 heteroatoms. The van der Waals surface area contributed by atoms with E-state index in [0.717, 1.165) is 0 Å². The van der Waals surface area contributed by atoms with Gasteiger partial charge in [0.2, 0.25) is 5.91 Å². The minimum absolute atomic E-state index is 0.0595. The van der Waals surface area contributed by atoms with E-state index < -0.39 is 53.9 Å². The standard InChI is InChI=1S/C15H26N4O8/c1-7(16)12(21)19-10(15(26)27)5-6-11(20)18-9(14(24)25)4-2-3-8(17)13(22)23/h7-10H,2-6,16-17H2,1H3,(H,18,20)(H,19,21)(H,22,23)(H,24,25)(H,26,27)/p-1/t7-,8+,9-,10+/m0/s1. The third kappa shape index (κ3) is 10.1. The second-order valence-corrected chi connectivity index (χ2v) is 6.21. The van der Waals surface area contributed by atoms with Gasteiger partial charge in [-0.05, 0) is 26.2 Å². The Kier molecular flexibility index (Phi) is 10.6. The summed E-state index contributed by atoms with van der Waals surface area (Å²) in [5, 5.41) is 37.0. The summed E-state index contributed by atoms with van der Waals surface area (Å²) in [7, 11) is 0. The average molecular weight is 389 g/mol. The molecule has 0 saturated heterocycles. The number of hydrogen-bond donors (Lipinski definition) is 4. The molecule has 0 unspecified atom stereocenters. The summed E-state index contributed by atoms with van der Waals surface area (Å²) >= 11 is 0. The predicted molar refractivity (Wildman–Crippen MR) is 81.0 cm³/mol. The third-order valence-corrected chi connectivity index (χ3v) is 3.71. The molecule has 0 aromatic heterocycles. The molecule has 0 rings (SSSR count). The number of carboxylic acid groups (broad SMARTS) is 3. The van der Waals surface area contributed by atoms with Crippen molar-refractivity contribution in [2.75, 3.05) is 0 Å². The maximum atomic E-state index is 11.9. The van der Waals surface area contributed by atoms with E-state index in [1.807, 2.05) is 0 Å². The van der Waals surface area contributed by atoms with Gasteiger partial charge in [0.1, 0.15) is 6.04 Å². The molecule has 0 heterocycles. The number of carbonyl (C=O) groups is 5. The number of rotatable bonds is 13. The van der Waals surface area contributed by atoms with Gasteiger partial charge in [-0.2, -0.15) is 0 Å². The van der Waals surface area contributed by atoms with Crippen LogP contribution in [0.25, 0.3) is 0 Å². The van der Waals surface area contributed by atoms with Gasteiger partial charge in [0.25, 0.3) is 5.91 Å². The molecular weight excluding hydrogens is 364 g/mol. The van der Waals surface area contributed by atoms with Crippen LogP contribution in [0.5, 0.6) is 0 Å². The average Bonchev–Trinajstić information content (AvgIpc) is 2.56. The summed E-state index contributed by atoms with van der Waals surface area (Å²) in [6, 6.07) is -4.52. The molecule has 0 bridgehead atoms. The van der Waals surface area contributed by atoms with Crippen molar-refractivity contribution in [2.45, 2.75) is 63.2 Å². The van der Waals surface area contributed by atoms with Crippen molar-refractivity contribution < 1.29 is 50.8 Å². The van der Waals surface area contributed by atoms with Gasteiger partial charge in [-0.3, -0.25) is 9.59 Å². The van der Waals surface area contributed by atoms with Crippen molar-refractivity contribution in [3.05, 3.63) is 0 Å². The van der Waals surface area contributed by atoms with Gasteiger partial charge in [-0.1, -0.05) is 0 Å². The van der Waals surface area contributed by atoms with E-state index >= 15 is 0 Å². The number of amides is 2. The zero-order valence-electron chi connectivity index (χ0n) is 15.0. The molecule has 0 radical (unpaired) electrons. The summed E-state index contributed by atoms with van der Waals surface area (Å²) < 4.78 is 0. The Morgan fingerprint density at radius 3 is 1.78 bits per heavy atom. The van der Waals surface area contributed by atoms with Crippen molar-refractivity contribution in [1.82, 2.24) is 10.6 Å². The lowest BCUT2D eigenvalue weighted by Gasteiger charge is -2.22. The monoisotopic (exact) mass is 389 g/mol. The Balaban J connectivity index is 4.54. The molecule has 0 aromatic carbocycles. The molecule has 154 valence electrons. The van der Waals surface area contributed by atoms with Crippen LogP contribution in [-0.2, 0) is 24.0 Å². The van der Waals surface area contributed by atoms with Gasteiger partial charge in [-0.15, -0.1) is 0 Å². The zero-order valence-corrected chi connectivity index (χ0v) is 15.0. The van der Waals surface area contributed by atoms with Crippen LogP contribution in [0.2, 0.25) is 0 Å². The Bertz CT molecular complexity index is 566. The molecule has 0 aromatic rings. The largest absolute Gasteiger partial charge is 0.548 e. The smallest absolute Gasteiger partial charge is 0.278 e. The van der Waals surface area contributed by atoms with E-state index in [9.17, 15) is 39.3 Å². The summed E-state index contributed by atoms with van der Waals surface area (Å²) in [5.41, 5.74) is 6.76. The van der Waals surface area contributed by atoms with Gasteiger partial charge >= 0.3 is 0 Å². The predicted octanol–water partition coefficient (Wildman–Crippen LogP) is -7.60. The van der Waals surface area contributed by atoms with Crippen molar-refractivity contribution in [2.24, 2.45) is 0 Å². The van der Waals surface area contributed by atoms with Gasteiger partial charge < -0.3 is 51.8 Å². The van der Waals surface area contributed by atoms with Crippen molar-refractivity contribution in [1.29, 1.82) is 0 Å². The lowest BCUT2D eigenvalue weighted by atomic mass is 10.1. The second kappa shape index (κ2) is 11.8. The molecule has 4 atom stereocenters. The summed E-state index contributed by atoms with van der Waals surface area (Å²) in [6.45, 7) is 1.45. The lowest BCUT2D eigenvalue weighted by Crippen LogP contribution is -2.68. The Morgan fingerprint density at radius 1 is 0.815 bits per heavy atom. The third-order valence-electron chi connectivity index (χ3n) is 3.71. The van der Waals surface area contributed by atoms with E-state index in [4.69, 9.17) is 0 Å². The maximum Gasteiger partial charge on any atom is 0.278 e. The van der Waals surface area contributed by atoms with Gasteiger partial charge in [0, 0.05) is 12.8 Å². The second-order valence-electron chi connectivity index (χ2n) is 6.21. The molecule has 8 N–H and O–H groups in total. The van der Waals surface area contributed by atoms with Crippen LogP contribution < -0.4 is 37.4 Å². The molecule has 0 spiro atoms. The molecule has 0 aliphatic carbocycles. The van der Waals surface area contributed by atoms with Crippen LogP contribution in [-0.4, -0.2) is 53.9 Å². The first-order valence-corrected chi connectivity index (χ1v) is 8.34. The lowest BCUT2D eigenvalue weighted by molar-refractivity contribution is -0.438. The topological polar surface area (TPSA) is 234 Å². The number of nitrogens with one attached hydrogen (secondary N) is 2. The quantitative estimate of drug-likeness (QED) is 0.235. The first-order valence-electron chi connectivity index (χ1n) is 8.34. The summed E-state index contributed by atoms with van der Waals surface area (Å²) in [5.74, 6) is -5.91. The van der Waals surface area contributed by atoms with Crippen molar-refractivity contribution in [3.8, 4) is 0 Å². The first-order chi connectivity index (χ1) is 12.5. The van der Waals surface area contributed by atoms with E-state index in [-0.39, 0.29) is 32.1 Å². The minimum Gasteiger partial charge on any atom is -0.548 e. The molecule has 0 aliphatic rings. The van der Waals surface area contributed by atoms with E-state index in [1.54, 1.807) is 0 Å². The number of hydrogen-bond acceptors (Lipinski definition) is 8. The summed E-state index contributed by atoms with van der Waals surface area (Å²) in [4.78, 5) is 56.0. The van der Waals surface area contributed by atoms with E-state index in [0.29, 0.717) is 0 Å². The minimum atomic E-state index is -1.59. The highest BCUT2D eigenvalue weighted by atomic mass is 16.4. The fourth-order valence-corrected chi connectivity index (χ4v) is 2.04. The van der Waals surface area contributed by atoms with E-state index in [1.165, 1.54) is 6.92 Å². The molecule has 27 heavy (non-hydrogen) atoms. The zero-order chi connectivity index (χ0) is 21.1. The fraction of sp³-hybridized carbons (Fsp3) is 0.667. The van der Waals surface area contributed by atoms with Gasteiger partial charge in [-0.25, -0.2) is 0 Å². The molecule has 0 saturated carbocycles. The highest BCUT2D eigenvalue weighted by Gasteiger charge is 2.20. The molecule has 2 amide bonds. The van der Waals surface area contributed by atoms with Crippen LogP contribution in [0.1, 0.15) is 39.0 Å². The van der Waals surface area contributed by atoms with Crippen LogP contribution in [0.4, 0.5) is 0 Å². The Hall–Kier alpha value is -2.73. The SMILES string of the molecule is C[C@H]([NH3+])C(=O)N[C@H](CCC(=O)N[C@@H](CCC[C@@H]([NH3+])C(=O)[O-])C(=O)[O-])C(=O)[O-]. The van der Waals surface area contributed by atoms with E-state index in [2.05, 4.69) is 22.1 Å². The van der Waals surface area contributed by atoms with Gasteiger partial charge in [0.05, 0.1) is 30.0 Å². The molecule has 12 nitrogen and oxygen atoms in total. The van der Waals surface area contributed by atoms with Crippen LogP contribution in [0.15, 0.2) is 0 Å². The summed E-state index contributed by atoms with van der Waals surface area (Å²) in [6.07, 6.45) is -0.583. The van der Waals surface area contributed by atoms with Crippen LogP contribution >= 0.6 is 0 Å². The van der Waals surface area contributed by atoms with Crippen LogP contribution in [0.3, 0.4) is 0 Å². The highest BCUT2D eigenvalue weighted by molar-refractivity contribution is 5.86. The van der Waals surface area contributed by atoms with Crippen molar-refractivity contribution >= 4 is 29.7 Å². The van der Waals surface area contributed by atoms with Gasteiger partial charge in [0.15, 0.2) is 6.04 Å². The normalized spacial score (nSPS) is 15.1. The Labute approximate surface area is 155 Å². The maximum absolute atomic E-state index is 11.9. The number of carbonyl (C=O) groups excluding carboxylic acids is 5. The van der Waals surface area contributed by atoms with Crippen LogP contribution in [0, 0.1) is 0 Å². The molecular formula is C15H25N4O8-. The Morgan fingerprint density at radius 2 is 1.33 bits per heavy atom. The number of carboxylic acids is 3. The molecule has 0 aliphatic heterocycles.